The molecule has 2 heterocycles. The van der Waals surface area contributed by atoms with Crippen LogP contribution >= 0.6 is 0 Å². The number of furan rings is 2. The van der Waals surface area contributed by atoms with Crippen molar-refractivity contribution in [2.45, 2.75) is 0 Å². The molecule has 0 bridgehead atoms. The minimum Gasteiger partial charge on any atom is -0.456 e. The summed E-state index contributed by atoms with van der Waals surface area (Å²) < 4.78 is 13.0. The average Bonchev–Trinajstić information content (AvgIpc) is 3.30. The smallest absolute Gasteiger partial charge is 0.137 e. The lowest BCUT2D eigenvalue weighted by molar-refractivity contribution is 0.668. The standard InChI is InChI=1S/C82H54N2O2/c1-5-17-55(18-6-1)58-29-37-65(38-30-58)83(69-45-47-73-71-25-13-15-27-79(71)85-81(73)52-69)67-41-33-61(34-42-67)75-50-63(57-21-9-3-10-22-57)49-64-51-76(60-23-11-4-12-24-60)77(54-78(64)75)62-35-43-68(44-36-62)84(66-39-31-59(32-40-66)56-19-7-2-8-20-56)70-46-48-74-72-26-14-16-28-80(72)86-82(74)53-70/h1-54H. The molecule has 0 aliphatic heterocycles. The maximum absolute atomic E-state index is 6.49. The summed E-state index contributed by atoms with van der Waals surface area (Å²) in [4.78, 5) is 4.66. The van der Waals surface area contributed by atoms with Crippen molar-refractivity contribution in [3.63, 3.8) is 0 Å². The molecule has 0 radical (unpaired) electrons. The van der Waals surface area contributed by atoms with Crippen LogP contribution in [-0.2, 0) is 0 Å². The Labute approximate surface area is 499 Å². The molecule has 2 aromatic heterocycles. The van der Waals surface area contributed by atoms with Crippen molar-refractivity contribution in [3.05, 3.63) is 328 Å². The van der Waals surface area contributed by atoms with E-state index in [0.717, 1.165) is 139 Å². The highest BCUT2D eigenvalue weighted by Gasteiger charge is 2.21. The van der Waals surface area contributed by atoms with E-state index in [4.69, 9.17) is 8.83 Å². The number of hydrogen-bond acceptors (Lipinski definition) is 4. The molecule has 0 aliphatic rings. The summed E-state index contributed by atoms with van der Waals surface area (Å²) in [6.45, 7) is 0. The number of hydrogen-bond donors (Lipinski definition) is 0. The first kappa shape index (κ1) is 50.3. The second kappa shape index (κ2) is 21.4. The van der Waals surface area contributed by atoms with Crippen LogP contribution in [0.2, 0.25) is 0 Å². The molecule has 0 N–H and O–H groups in total. The Balaban J connectivity index is 0.827. The van der Waals surface area contributed by atoms with Crippen LogP contribution in [0.5, 0.6) is 0 Å². The monoisotopic (exact) mass is 1100 g/mol. The van der Waals surface area contributed by atoms with Gasteiger partial charge in [0.15, 0.2) is 0 Å². The van der Waals surface area contributed by atoms with Gasteiger partial charge in [0, 0.05) is 67.8 Å². The molecule has 86 heavy (non-hydrogen) atoms. The van der Waals surface area contributed by atoms with Crippen LogP contribution in [-0.4, -0.2) is 0 Å². The van der Waals surface area contributed by atoms with Crippen LogP contribution in [0, 0.1) is 0 Å². The Hall–Kier alpha value is -11.5. The fourth-order valence-electron chi connectivity index (χ4n) is 12.6. The van der Waals surface area contributed by atoms with Crippen molar-refractivity contribution in [3.8, 4) is 66.8 Å². The molecule has 0 saturated carbocycles. The van der Waals surface area contributed by atoms with Gasteiger partial charge in [-0.25, -0.2) is 0 Å². The molecular formula is C82H54N2O2. The summed E-state index contributed by atoms with van der Waals surface area (Å²) in [6.07, 6.45) is 0. The second-order valence-corrected chi connectivity index (χ2v) is 22.0. The van der Waals surface area contributed by atoms with Crippen molar-refractivity contribution in [2.24, 2.45) is 0 Å². The quantitative estimate of drug-likeness (QED) is 0.122. The van der Waals surface area contributed by atoms with Crippen molar-refractivity contribution in [2.75, 3.05) is 9.80 Å². The van der Waals surface area contributed by atoms with E-state index in [0.29, 0.717) is 0 Å². The van der Waals surface area contributed by atoms with E-state index in [1.54, 1.807) is 0 Å². The van der Waals surface area contributed by atoms with Crippen LogP contribution in [0.25, 0.3) is 121 Å². The molecule has 404 valence electrons. The summed E-state index contributed by atoms with van der Waals surface area (Å²) in [7, 11) is 0. The lowest BCUT2D eigenvalue weighted by Gasteiger charge is -2.26. The van der Waals surface area contributed by atoms with Gasteiger partial charge in [-0.2, -0.15) is 0 Å². The van der Waals surface area contributed by atoms with Gasteiger partial charge in [0.25, 0.3) is 0 Å². The van der Waals surface area contributed by atoms with Crippen LogP contribution in [0.3, 0.4) is 0 Å². The summed E-state index contributed by atoms with van der Waals surface area (Å²) in [5.74, 6) is 0. The molecule has 0 saturated heterocycles. The predicted molar refractivity (Wildman–Crippen MR) is 360 cm³/mol. The van der Waals surface area contributed by atoms with E-state index >= 15 is 0 Å². The average molecular weight is 1100 g/mol. The van der Waals surface area contributed by atoms with Gasteiger partial charge >= 0.3 is 0 Å². The van der Waals surface area contributed by atoms with E-state index in [1.807, 2.05) is 24.3 Å². The number of anilines is 6. The van der Waals surface area contributed by atoms with Crippen molar-refractivity contribution < 1.29 is 8.83 Å². The molecule has 14 aromatic carbocycles. The number of para-hydroxylation sites is 2. The minimum absolute atomic E-state index is 0.850. The zero-order valence-electron chi connectivity index (χ0n) is 46.9. The number of fused-ring (bicyclic) bond motifs is 7. The SMILES string of the molecule is c1ccc(-c2ccc(N(c3ccc(-c4cc5c(-c6ccc(N(c7ccc(-c8ccccc8)cc7)c7ccc8c(c7)oc7ccccc78)cc6)cc(-c6ccccc6)cc5cc4-c4ccccc4)cc3)c3ccc4c(c3)oc3ccccc34)cc2)cc1. The van der Waals surface area contributed by atoms with Crippen molar-refractivity contribution in [1.82, 2.24) is 0 Å². The van der Waals surface area contributed by atoms with Crippen molar-refractivity contribution >= 4 is 88.8 Å². The normalized spacial score (nSPS) is 11.5. The summed E-state index contributed by atoms with van der Waals surface area (Å²) in [5, 5.41) is 6.74. The van der Waals surface area contributed by atoms with Gasteiger partial charge in [-0.05, 0) is 187 Å². The van der Waals surface area contributed by atoms with Gasteiger partial charge in [-0.15, -0.1) is 0 Å². The Bertz CT molecular complexity index is 5110. The minimum atomic E-state index is 0.850. The largest absolute Gasteiger partial charge is 0.456 e. The highest BCUT2D eigenvalue weighted by Crippen LogP contribution is 2.46. The molecule has 4 nitrogen and oxygen atoms in total. The lowest BCUT2D eigenvalue weighted by atomic mass is 9.87. The second-order valence-electron chi connectivity index (χ2n) is 22.0. The molecule has 0 amide bonds. The zero-order chi connectivity index (χ0) is 56.9. The first-order chi connectivity index (χ1) is 42.6. The lowest BCUT2D eigenvalue weighted by Crippen LogP contribution is -2.09. The van der Waals surface area contributed by atoms with Gasteiger partial charge in [-0.1, -0.05) is 206 Å². The summed E-state index contributed by atoms with van der Waals surface area (Å²) in [6, 6.07) is 118. The number of nitrogens with zero attached hydrogens (tertiary/aromatic N) is 2. The van der Waals surface area contributed by atoms with E-state index < -0.39 is 0 Å². The van der Waals surface area contributed by atoms with Gasteiger partial charge in [0.05, 0.1) is 0 Å². The van der Waals surface area contributed by atoms with E-state index in [-0.39, 0.29) is 0 Å². The predicted octanol–water partition coefficient (Wildman–Crippen LogP) is 23.6. The van der Waals surface area contributed by atoms with E-state index in [9.17, 15) is 0 Å². The highest BCUT2D eigenvalue weighted by molar-refractivity contribution is 6.09. The molecule has 0 fully saturated rings. The third-order valence-corrected chi connectivity index (χ3v) is 16.9. The summed E-state index contributed by atoms with van der Waals surface area (Å²) >= 11 is 0. The maximum Gasteiger partial charge on any atom is 0.137 e. The zero-order valence-corrected chi connectivity index (χ0v) is 46.9. The van der Waals surface area contributed by atoms with Gasteiger partial charge < -0.3 is 18.6 Å². The van der Waals surface area contributed by atoms with Crippen LogP contribution < -0.4 is 9.80 Å². The Morgan fingerprint density at radius 2 is 0.488 bits per heavy atom. The maximum atomic E-state index is 6.49. The van der Waals surface area contributed by atoms with E-state index in [1.165, 1.54) is 16.5 Å². The topological polar surface area (TPSA) is 32.8 Å². The molecular weight excluding hydrogens is 1040 g/mol. The van der Waals surface area contributed by atoms with Gasteiger partial charge in [-0.3, -0.25) is 0 Å². The first-order valence-electron chi connectivity index (χ1n) is 29.3. The fourth-order valence-corrected chi connectivity index (χ4v) is 12.6. The Kier molecular flexibility index (Phi) is 12.5. The van der Waals surface area contributed by atoms with Gasteiger partial charge in [0.2, 0.25) is 0 Å². The van der Waals surface area contributed by atoms with Crippen LogP contribution in [0.4, 0.5) is 34.1 Å². The third-order valence-electron chi connectivity index (χ3n) is 16.9. The van der Waals surface area contributed by atoms with Gasteiger partial charge in [0.1, 0.15) is 22.3 Å². The number of rotatable bonds is 12. The molecule has 4 heteroatoms. The van der Waals surface area contributed by atoms with Crippen molar-refractivity contribution in [1.29, 1.82) is 0 Å². The highest BCUT2D eigenvalue weighted by atomic mass is 16.3. The molecule has 0 spiro atoms. The molecule has 0 unspecified atom stereocenters. The molecule has 0 aliphatic carbocycles. The molecule has 16 rings (SSSR count). The first-order valence-corrected chi connectivity index (χ1v) is 29.3. The Morgan fingerprint density at radius 1 is 0.174 bits per heavy atom. The van der Waals surface area contributed by atoms with Crippen LogP contribution in [0.15, 0.2) is 336 Å². The van der Waals surface area contributed by atoms with E-state index in [2.05, 4.69) is 313 Å². The van der Waals surface area contributed by atoms with Crippen LogP contribution in [0.1, 0.15) is 0 Å². The fraction of sp³-hybridized carbons (Fsp3) is 0. The molecule has 0 atom stereocenters. The third kappa shape index (κ3) is 9.23. The summed E-state index contributed by atoms with van der Waals surface area (Å²) in [5.41, 5.74) is 23.5. The molecule has 16 aromatic rings. The Morgan fingerprint density at radius 3 is 0.930 bits per heavy atom. The number of benzene rings is 14.